The first kappa shape index (κ1) is 18.7. The van der Waals surface area contributed by atoms with Gasteiger partial charge in [-0.3, -0.25) is 9.98 Å². The number of hydrogen-bond donors (Lipinski definition) is 1. The molecule has 0 saturated heterocycles. The van der Waals surface area contributed by atoms with E-state index in [1.165, 1.54) is 0 Å². The second kappa shape index (κ2) is 10.5. The summed E-state index contributed by atoms with van der Waals surface area (Å²) in [6, 6.07) is 5.34. The van der Waals surface area contributed by atoms with E-state index in [0.29, 0.717) is 28.0 Å². The molecule has 0 aliphatic heterocycles. The second-order valence-electron chi connectivity index (χ2n) is 3.83. The number of benzene rings is 1. The van der Waals surface area contributed by atoms with Crippen molar-refractivity contribution in [3.63, 3.8) is 0 Å². The largest absolute Gasteiger partial charge is 0.386 e. The molecule has 0 saturated carbocycles. The van der Waals surface area contributed by atoms with Crippen molar-refractivity contribution >= 4 is 59.2 Å². The van der Waals surface area contributed by atoms with Crippen LogP contribution in [0.2, 0.25) is 10.0 Å². The predicted molar refractivity (Wildman–Crippen MR) is 95.7 cm³/mol. The molecule has 2 N–H and O–H groups in total. The molecular weight excluding hydrogens is 396 g/mol. The highest BCUT2D eigenvalue weighted by atomic mass is 127. The summed E-state index contributed by atoms with van der Waals surface area (Å²) in [5.74, 6) is 0.530. The van der Waals surface area contributed by atoms with E-state index in [1.807, 2.05) is 0 Å². The highest BCUT2D eigenvalue weighted by Crippen LogP contribution is 2.22. The standard InChI is InChI=1S/C13H17Cl2N3.HI/c1-2-3-7-18-13(16)9-17-8-10-11(14)5-4-6-12(10)15;/h4-6,8H,2-3,7,9H2,1H3,(H2,16,18);1H. The van der Waals surface area contributed by atoms with E-state index in [0.717, 1.165) is 19.4 Å². The van der Waals surface area contributed by atoms with Crippen molar-refractivity contribution < 1.29 is 0 Å². The molecule has 0 spiro atoms. The van der Waals surface area contributed by atoms with Crippen molar-refractivity contribution in [2.75, 3.05) is 13.1 Å². The Morgan fingerprint density at radius 1 is 1.32 bits per heavy atom. The summed E-state index contributed by atoms with van der Waals surface area (Å²) in [7, 11) is 0. The average molecular weight is 414 g/mol. The minimum Gasteiger partial charge on any atom is -0.386 e. The van der Waals surface area contributed by atoms with Gasteiger partial charge in [0.2, 0.25) is 0 Å². The Kier molecular flexibility index (Phi) is 10.3. The quantitative estimate of drug-likeness (QED) is 0.323. The molecule has 106 valence electrons. The summed E-state index contributed by atoms with van der Waals surface area (Å²) < 4.78 is 0. The number of rotatable bonds is 6. The van der Waals surface area contributed by atoms with Gasteiger partial charge in [0.15, 0.2) is 0 Å². The van der Waals surface area contributed by atoms with E-state index in [9.17, 15) is 0 Å². The Morgan fingerprint density at radius 3 is 2.53 bits per heavy atom. The summed E-state index contributed by atoms with van der Waals surface area (Å²) in [6.07, 6.45) is 3.78. The van der Waals surface area contributed by atoms with Gasteiger partial charge in [0.25, 0.3) is 0 Å². The van der Waals surface area contributed by atoms with Gasteiger partial charge in [-0.2, -0.15) is 0 Å². The van der Waals surface area contributed by atoms with Crippen molar-refractivity contribution in [1.82, 2.24) is 0 Å². The van der Waals surface area contributed by atoms with Crippen LogP contribution in [0.3, 0.4) is 0 Å². The lowest BCUT2D eigenvalue weighted by Crippen LogP contribution is -2.16. The number of hydrogen-bond acceptors (Lipinski definition) is 2. The minimum absolute atomic E-state index is 0. The van der Waals surface area contributed by atoms with Crippen LogP contribution in [-0.2, 0) is 0 Å². The first-order valence-corrected chi connectivity index (χ1v) is 6.63. The zero-order valence-corrected chi connectivity index (χ0v) is 14.6. The van der Waals surface area contributed by atoms with Gasteiger partial charge in [-0.15, -0.1) is 24.0 Å². The molecule has 1 aromatic carbocycles. The van der Waals surface area contributed by atoms with Crippen LogP contribution in [0.5, 0.6) is 0 Å². The van der Waals surface area contributed by atoms with Gasteiger partial charge >= 0.3 is 0 Å². The van der Waals surface area contributed by atoms with Gasteiger partial charge in [0, 0.05) is 18.3 Å². The Balaban J connectivity index is 0.00000324. The van der Waals surface area contributed by atoms with Crippen molar-refractivity contribution in [1.29, 1.82) is 0 Å². The van der Waals surface area contributed by atoms with Gasteiger partial charge in [-0.25, -0.2) is 0 Å². The fraction of sp³-hybridized carbons (Fsp3) is 0.385. The lowest BCUT2D eigenvalue weighted by Gasteiger charge is -2.00. The maximum Gasteiger partial charge on any atom is 0.115 e. The van der Waals surface area contributed by atoms with Crippen LogP contribution < -0.4 is 5.73 Å². The summed E-state index contributed by atoms with van der Waals surface area (Å²) in [4.78, 5) is 8.40. The zero-order valence-electron chi connectivity index (χ0n) is 10.8. The van der Waals surface area contributed by atoms with Gasteiger partial charge in [0.1, 0.15) is 5.84 Å². The van der Waals surface area contributed by atoms with Crippen LogP contribution in [0, 0.1) is 0 Å². The fourth-order valence-corrected chi connectivity index (χ4v) is 1.79. The van der Waals surface area contributed by atoms with E-state index < -0.39 is 0 Å². The van der Waals surface area contributed by atoms with E-state index in [1.54, 1.807) is 24.4 Å². The highest BCUT2D eigenvalue weighted by Gasteiger charge is 2.01. The molecule has 6 heteroatoms. The van der Waals surface area contributed by atoms with Gasteiger partial charge < -0.3 is 5.73 Å². The molecule has 1 rings (SSSR count). The molecule has 0 heterocycles. The Morgan fingerprint density at radius 2 is 1.95 bits per heavy atom. The van der Waals surface area contributed by atoms with Crippen molar-refractivity contribution in [3.05, 3.63) is 33.8 Å². The number of nitrogens with zero attached hydrogens (tertiary/aromatic N) is 2. The molecule has 0 aromatic heterocycles. The zero-order chi connectivity index (χ0) is 13.4. The average Bonchev–Trinajstić information content (AvgIpc) is 2.33. The summed E-state index contributed by atoms with van der Waals surface area (Å²) >= 11 is 12.0. The Hall–Kier alpha value is -0.330. The molecule has 0 bridgehead atoms. The molecule has 0 atom stereocenters. The van der Waals surface area contributed by atoms with Crippen molar-refractivity contribution in [3.8, 4) is 0 Å². The summed E-state index contributed by atoms with van der Waals surface area (Å²) in [6.45, 7) is 3.24. The van der Waals surface area contributed by atoms with Crippen molar-refractivity contribution in [2.24, 2.45) is 15.7 Å². The maximum absolute atomic E-state index is 6.01. The number of halogens is 3. The topological polar surface area (TPSA) is 50.7 Å². The van der Waals surface area contributed by atoms with Crippen LogP contribution in [0.15, 0.2) is 28.2 Å². The molecule has 19 heavy (non-hydrogen) atoms. The van der Waals surface area contributed by atoms with Crippen LogP contribution in [-0.4, -0.2) is 25.1 Å². The predicted octanol–water partition coefficient (Wildman–Crippen LogP) is 4.19. The molecule has 0 radical (unpaired) electrons. The minimum atomic E-state index is 0. The third kappa shape index (κ3) is 7.13. The van der Waals surface area contributed by atoms with Crippen LogP contribution >= 0.6 is 47.2 Å². The highest BCUT2D eigenvalue weighted by molar-refractivity contribution is 14.0. The number of nitrogens with two attached hydrogens (primary N) is 1. The monoisotopic (exact) mass is 413 g/mol. The third-order valence-electron chi connectivity index (χ3n) is 2.30. The first-order chi connectivity index (χ1) is 8.65. The van der Waals surface area contributed by atoms with Gasteiger partial charge in [-0.1, -0.05) is 42.6 Å². The molecule has 0 amide bonds. The Labute approximate surface area is 141 Å². The van der Waals surface area contributed by atoms with E-state index >= 15 is 0 Å². The molecule has 1 aromatic rings. The SMILES string of the molecule is CCCCN=C(N)CN=Cc1c(Cl)cccc1Cl.I. The smallest absolute Gasteiger partial charge is 0.115 e. The van der Waals surface area contributed by atoms with Crippen LogP contribution in [0.1, 0.15) is 25.3 Å². The second-order valence-corrected chi connectivity index (χ2v) is 4.65. The van der Waals surface area contributed by atoms with Crippen molar-refractivity contribution in [2.45, 2.75) is 19.8 Å². The van der Waals surface area contributed by atoms with Gasteiger partial charge in [0.05, 0.1) is 16.6 Å². The van der Waals surface area contributed by atoms with Crippen LogP contribution in [0.25, 0.3) is 0 Å². The maximum atomic E-state index is 6.01. The fourth-order valence-electron chi connectivity index (χ4n) is 1.30. The number of aliphatic imine (C=N–C) groups is 2. The van der Waals surface area contributed by atoms with Gasteiger partial charge in [-0.05, 0) is 18.6 Å². The molecule has 3 nitrogen and oxygen atoms in total. The lowest BCUT2D eigenvalue weighted by atomic mass is 10.2. The van der Waals surface area contributed by atoms with E-state index in [-0.39, 0.29) is 24.0 Å². The normalized spacial score (nSPS) is 11.6. The van der Waals surface area contributed by atoms with Crippen LogP contribution in [0.4, 0.5) is 0 Å². The summed E-state index contributed by atoms with van der Waals surface area (Å²) in [5, 5.41) is 1.15. The first-order valence-electron chi connectivity index (χ1n) is 5.87. The molecule has 0 unspecified atom stereocenters. The summed E-state index contributed by atoms with van der Waals surface area (Å²) in [5.41, 5.74) is 6.44. The molecule has 0 aliphatic carbocycles. The molecule has 0 aliphatic rings. The number of unbranched alkanes of at least 4 members (excludes halogenated alkanes) is 1. The molecule has 0 fully saturated rings. The van der Waals surface area contributed by atoms with E-state index in [4.69, 9.17) is 28.9 Å². The number of amidine groups is 1. The lowest BCUT2D eigenvalue weighted by molar-refractivity contribution is 0.805. The molecular formula is C13H18Cl2IN3. The Bertz CT molecular complexity index is 427. The third-order valence-corrected chi connectivity index (χ3v) is 2.96. The van der Waals surface area contributed by atoms with E-state index in [2.05, 4.69) is 16.9 Å².